The first-order chi connectivity index (χ1) is 12.2. The fourth-order valence-electron chi connectivity index (χ4n) is 2.48. The summed E-state index contributed by atoms with van der Waals surface area (Å²) in [5.41, 5.74) is 3.74. The molecule has 3 rings (SSSR count). The second-order valence-corrected chi connectivity index (χ2v) is 7.41. The number of methoxy groups -OCH3 is 1. The van der Waals surface area contributed by atoms with Crippen molar-refractivity contribution < 1.29 is 9.53 Å². The van der Waals surface area contributed by atoms with Gasteiger partial charge in [-0.1, -0.05) is 30.3 Å². The molecule has 1 aromatic heterocycles. The highest BCUT2D eigenvalue weighted by Crippen LogP contribution is 2.28. The second kappa shape index (κ2) is 8.56. The zero-order valence-corrected chi connectivity index (χ0v) is 16.7. The van der Waals surface area contributed by atoms with Crippen LogP contribution in [0.2, 0.25) is 0 Å². The molecule has 0 fully saturated rings. The molecule has 1 atom stereocenters. The van der Waals surface area contributed by atoms with Crippen molar-refractivity contribution >= 4 is 57.0 Å². The molecule has 25 heavy (non-hydrogen) atoms. The Hall–Kier alpha value is -1.76. The Morgan fingerprint density at radius 2 is 2.20 bits per heavy atom. The van der Waals surface area contributed by atoms with E-state index >= 15 is 0 Å². The summed E-state index contributed by atoms with van der Waals surface area (Å²) in [7, 11) is 1.63. The van der Waals surface area contributed by atoms with Gasteiger partial charge in [0.1, 0.15) is 0 Å². The highest BCUT2D eigenvalue weighted by Gasteiger charge is 2.05. The third-order valence-electron chi connectivity index (χ3n) is 3.68. The Morgan fingerprint density at radius 3 is 3.00 bits per heavy atom. The number of hydrogen-bond donors (Lipinski definition) is 1. The smallest absolute Gasteiger partial charge is 0.248 e. The van der Waals surface area contributed by atoms with Crippen LogP contribution in [0.25, 0.3) is 17.0 Å². The minimum atomic E-state index is -0.173. The predicted molar refractivity (Wildman–Crippen MR) is 112 cm³/mol. The van der Waals surface area contributed by atoms with Crippen LogP contribution in [0, 0.1) is 0 Å². The lowest BCUT2D eigenvalue weighted by Gasteiger charge is -2.08. The number of nitrogens with one attached hydrogen (secondary N) is 1. The average Bonchev–Trinajstić information content (AvgIpc) is 3.04. The summed E-state index contributed by atoms with van der Waals surface area (Å²) < 4.78 is 7.11. The summed E-state index contributed by atoms with van der Waals surface area (Å²) in [5, 5.41) is 8.33. The summed E-state index contributed by atoms with van der Waals surface area (Å²) in [5.74, 6) is -0.173. The Balaban J connectivity index is 1.74. The summed E-state index contributed by atoms with van der Waals surface area (Å²) in [6.45, 7) is 0.456. The van der Waals surface area contributed by atoms with Gasteiger partial charge in [-0.3, -0.25) is 4.79 Å². The van der Waals surface area contributed by atoms with E-state index in [0.29, 0.717) is 13.0 Å². The number of halogens is 1. The number of benzene rings is 2. The molecule has 0 aliphatic carbocycles. The van der Waals surface area contributed by atoms with Crippen LogP contribution in [-0.4, -0.2) is 22.6 Å². The molecular weight excluding hydrogens is 448 g/mol. The maximum atomic E-state index is 12.2. The van der Waals surface area contributed by atoms with E-state index in [4.69, 9.17) is 4.74 Å². The first kappa shape index (κ1) is 18.0. The first-order valence-corrected chi connectivity index (χ1v) is 11.7. The molecule has 0 radical (unpaired) electrons. The summed E-state index contributed by atoms with van der Waals surface area (Å²) in [6.07, 6.45) is 5.74. The van der Waals surface area contributed by atoms with E-state index < -0.39 is 0 Å². The van der Waals surface area contributed by atoms with E-state index in [-0.39, 0.29) is 5.91 Å². The molecule has 0 saturated carbocycles. The number of nitrogens with zero attached hydrogens (tertiary/aromatic N) is 2. The van der Waals surface area contributed by atoms with Crippen molar-refractivity contribution in [1.29, 1.82) is 0 Å². The number of para-hydroxylation sites is 1. The molecule has 7 heteroatoms. The summed E-state index contributed by atoms with van der Waals surface area (Å²) in [6, 6.07) is 13.6. The van der Waals surface area contributed by atoms with Crippen molar-refractivity contribution in [3.8, 4) is 0 Å². The van der Waals surface area contributed by atoms with E-state index in [9.17, 15) is 4.79 Å². The van der Waals surface area contributed by atoms with Crippen LogP contribution in [0.5, 0.6) is 0 Å². The fraction of sp³-hybridized carbons (Fsp3) is 0.111. The number of ether oxygens (including phenoxy) is 1. The van der Waals surface area contributed by atoms with Crippen LogP contribution < -0.4 is 5.32 Å². The SMILES string of the molecule is COCc1ccccc1NC(=O)/C=C/c1ccc2cnn(PI)c2c1. The monoisotopic (exact) mass is 465 g/mol. The van der Waals surface area contributed by atoms with Gasteiger partial charge in [0.2, 0.25) is 5.91 Å². The Bertz CT molecular complexity index is 924. The van der Waals surface area contributed by atoms with Crippen LogP contribution in [0.4, 0.5) is 5.69 Å². The van der Waals surface area contributed by atoms with Gasteiger partial charge >= 0.3 is 0 Å². The molecule has 1 N–H and O–H groups in total. The fourth-order valence-corrected chi connectivity index (χ4v) is 4.02. The largest absolute Gasteiger partial charge is 0.380 e. The molecule has 1 heterocycles. The van der Waals surface area contributed by atoms with Gasteiger partial charge in [-0.05, 0) is 45.8 Å². The van der Waals surface area contributed by atoms with Gasteiger partial charge in [0.15, 0.2) is 0 Å². The Kier molecular flexibility index (Phi) is 6.18. The zero-order valence-electron chi connectivity index (χ0n) is 13.6. The zero-order chi connectivity index (χ0) is 17.6. The number of amides is 1. The highest BCUT2D eigenvalue weighted by atomic mass is 127. The average molecular weight is 465 g/mol. The van der Waals surface area contributed by atoms with Crippen LogP contribution in [0.1, 0.15) is 11.1 Å². The molecule has 3 aromatic rings. The van der Waals surface area contributed by atoms with Crippen LogP contribution >= 0.6 is 28.4 Å². The van der Waals surface area contributed by atoms with Gasteiger partial charge in [-0.25, -0.2) is 4.45 Å². The molecule has 1 amide bonds. The van der Waals surface area contributed by atoms with Crippen molar-refractivity contribution in [2.75, 3.05) is 12.4 Å². The van der Waals surface area contributed by atoms with Gasteiger partial charge in [0.25, 0.3) is 0 Å². The van der Waals surface area contributed by atoms with E-state index in [1.165, 1.54) is 6.08 Å². The number of carbonyl (C=O) groups is 1. The highest BCUT2D eigenvalue weighted by molar-refractivity contribution is 14.2. The van der Waals surface area contributed by atoms with Crippen molar-refractivity contribution in [3.05, 3.63) is 65.9 Å². The van der Waals surface area contributed by atoms with Crippen LogP contribution in [0.3, 0.4) is 0 Å². The standard InChI is InChI=1S/C18H17IN3O2P/c1-24-12-15-4-2-3-5-16(15)21-18(23)9-7-13-6-8-14-11-20-22(25-19)17(14)10-13/h2-11,25H,12H2,1H3,(H,21,23)/b9-7+. The van der Waals surface area contributed by atoms with E-state index in [0.717, 1.165) is 27.7 Å². The number of rotatable bonds is 6. The number of anilines is 1. The lowest BCUT2D eigenvalue weighted by Crippen LogP contribution is -2.10. The predicted octanol–water partition coefficient (Wildman–Crippen LogP) is 4.63. The van der Waals surface area contributed by atoms with Gasteiger partial charge in [-0.15, -0.1) is 0 Å². The third-order valence-corrected chi connectivity index (χ3v) is 5.56. The molecule has 128 valence electrons. The molecule has 1 unspecified atom stereocenters. The summed E-state index contributed by atoms with van der Waals surface area (Å²) >= 11 is 2.30. The Morgan fingerprint density at radius 1 is 1.36 bits per heavy atom. The topological polar surface area (TPSA) is 56.1 Å². The molecular formula is C18H17IN3O2P. The number of hydrogen-bond acceptors (Lipinski definition) is 3. The molecule has 0 bridgehead atoms. The van der Waals surface area contributed by atoms with Crippen molar-refractivity contribution in [3.63, 3.8) is 0 Å². The molecule has 0 aliphatic heterocycles. The maximum absolute atomic E-state index is 12.2. The number of carbonyl (C=O) groups excluding carboxylic acids is 1. The maximum Gasteiger partial charge on any atom is 0.248 e. The van der Waals surface area contributed by atoms with E-state index in [2.05, 4.69) is 32.5 Å². The van der Waals surface area contributed by atoms with E-state index in [1.807, 2.05) is 53.1 Å². The molecule has 5 nitrogen and oxygen atoms in total. The summed E-state index contributed by atoms with van der Waals surface area (Å²) in [4.78, 5) is 12.2. The quantitative estimate of drug-likeness (QED) is 0.328. The second-order valence-electron chi connectivity index (χ2n) is 5.37. The number of aromatic nitrogens is 2. The lowest BCUT2D eigenvalue weighted by atomic mass is 10.1. The van der Waals surface area contributed by atoms with E-state index in [1.54, 1.807) is 13.2 Å². The van der Waals surface area contributed by atoms with Gasteiger partial charge < -0.3 is 10.1 Å². The Labute approximate surface area is 160 Å². The van der Waals surface area contributed by atoms with Gasteiger partial charge in [0, 0.05) is 29.8 Å². The molecule has 2 aromatic carbocycles. The lowest BCUT2D eigenvalue weighted by molar-refractivity contribution is -0.111. The van der Waals surface area contributed by atoms with Crippen LogP contribution in [0.15, 0.2) is 54.7 Å². The molecule has 0 spiro atoms. The van der Waals surface area contributed by atoms with Crippen molar-refractivity contribution in [1.82, 2.24) is 9.55 Å². The first-order valence-electron chi connectivity index (χ1n) is 7.61. The molecule has 0 saturated heterocycles. The van der Waals surface area contributed by atoms with Gasteiger partial charge in [0.05, 0.1) is 24.7 Å². The minimum absolute atomic E-state index is 0.173. The van der Waals surface area contributed by atoms with Crippen molar-refractivity contribution in [2.45, 2.75) is 6.61 Å². The molecule has 0 aliphatic rings. The third kappa shape index (κ3) is 4.45. The number of fused-ring (bicyclic) bond motifs is 1. The van der Waals surface area contributed by atoms with Gasteiger partial charge in [-0.2, -0.15) is 5.10 Å². The van der Waals surface area contributed by atoms with Crippen LogP contribution in [-0.2, 0) is 16.1 Å². The van der Waals surface area contributed by atoms with Crippen molar-refractivity contribution in [2.24, 2.45) is 0 Å². The normalized spacial score (nSPS) is 11.8. The minimum Gasteiger partial charge on any atom is -0.380 e.